The van der Waals surface area contributed by atoms with Crippen LogP contribution in [0.25, 0.3) is 0 Å². The smallest absolute Gasteiger partial charge is 0.147 e. The lowest BCUT2D eigenvalue weighted by molar-refractivity contribution is -0.00544. The van der Waals surface area contributed by atoms with E-state index < -0.39 is 11.7 Å². The van der Waals surface area contributed by atoms with Crippen molar-refractivity contribution in [3.8, 4) is 0 Å². The quantitative estimate of drug-likeness (QED) is 0.754. The molecule has 1 aromatic carbocycles. The van der Waals surface area contributed by atoms with Gasteiger partial charge in [0.05, 0.1) is 12.1 Å². The van der Waals surface area contributed by atoms with Gasteiger partial charge in [0, 0.05) is 23.7 Å². The molecule has 3 rings (SSSR count). The predicted octanol–water partition coefficient (Wildman–Crippen LogP) is 2.81. The molecule has 2 aliphatic heterocycles. The van der Waals surface area contributed by atoms with Crippen LogP contribution in [0.3, 0.4) is 0 Å². The fraction of sp³-hybridized carbons (Fsp3) is 0.500. The first kappa shape index (κ1) is 10.4. The molecular weight excluding hydrogens is 229 g/mol. The molecule has 0 amide bonds. The van der Waals surface area contributed by atoms with E-state index >= 15 is 0 Å². The van der Waals surface area contributed by atoms with Crippen molar-refractivity contribution in [1.82, 2.24) is 0 Å². The Morgan fingerprint density at radius 1 is 1.50 bits per heavy atom. The first-order valence-corrected chi connectivity index (χ1v) is 5.86. The lowest BCUT2D eigenvalue weighted by Crippen LogP contribution is -2.52. The minimum atomic E-state index is -0.951. The number of ether oxygens (including phenoxy) is 1. The van der Waals surface area contributed by atoms with Gasteiger partial charge in [0.15, 0.2) is 0 Å². The number of halogens is 2. The second-order valence-corrected chi connectivity index (χ2v) is 4.99. The maximum Gasteiger partial charge on any atom is 0.147 e. The SMILES string of the molecule is FC1COCCC12Cc1cc(Cl)ccc1N2. The topological polar surface area (TPSA) is 21.3 Å². The largest absolute Gasteiger partial charge is 0.378 e. The summed E-state index contributed by atoms with van der Waals surface area (Å²) in [7, 11) is 0. The molecule has 2 aliphatic rings. The van der Waals surface area contributed by atoms with Gasteiger partial charge in [-0.05, 0) is 30.2 Å². The average molecular weight is 242 g/mol. The van der Waals surface area contributed by atoms with Gasteiger partial charge in [-0.3, -0.25) is 0 Å². The van der Waals surface area contributed by atoms with Crippen LogP contribution < -0.4 is 5.32 Å². The van der Waals surface area contributed by atoms with E-state index in [0.29, 0.717) is 24.5 Å². The Morgan fingerprint density at radius 2 is 2.38 bits per heavy atom. The average Bonchev–Trinajstić information content (AvgIpc) is 2.61. The molecule has 0 radical (unpaired) electrons. The Labute approximate surface area is 98.7 Å². The Balaban J connectivity index is 1.93. The van der Waals surface area contributed by atoms with Crippen LogP contribution in [0.1, 0.15) is 12.0 Å². The van der Waals surface area contributed by atoms with Gasteiger partial charge in [-0.2, -0.15) is 0 Å². The van der Waals surface area contributed by atoms with Crippen LogP contribution >= 0.6 is 11.6 Å². The third-order valence-corrected chi connectivity index (χ3v) is 3.75. The van der Waals surface area contributed by atoms with Crippen molar-refractivity contribution in [1.29, 1.82) is 0 Å². The molecule has 0 aromatic heterocycles. The third-order valence-electron chi connectivity index (χ3n) is 3.51. The van der Waals surface area contributed by atoms with Crippen LogP contribution in [0.2, 0.25) is 5.02 Å². The summed E-state index contributed by atoms with van der Waals surface area (Å²) in [6.07, 6.45) is 0.459. The van der Waals surface area contributed by atoms with Crippen LogP contribution in [-0.4, -0.2) is 24.9 Å². The summed E-state index contributed by atoms with van der Waals surface area (Å²) in [6, 6.07) is 5.67. The van der Waals surface area contributed by atoms with E-state index in [2.05, 4.69) is 5.32 Å². The van der Waals surface area contributed by atoms with E-state index in [9.17, 15) is 4.39 Å². The van der Waals surface area contributed by atoms with E-state index in [1.54, 1.807) is 0 Å². The lowest BCUT2D eigenvalue weighted by Gasteiger charge is -2.37. The first-order chi connectivity index (χ1) is 7.70. The number of rotatable bonds is 0. The highest BCUT2D eigenvalue weighted by atomic mass is 35.5. The van der Waals surface area contributed by atoms with Crippen molar-refractivity contribution < 1.29 is 9.13 Å². The van der Waals surface area contributed by atoms with Crippen LogP contribution in [0.5, 0.6) is 0 Å². The monoisotopic (exact) mass is 241 g/mol. The van der Waals surface area contributed by atoms with Gasteiger partial charge in [-0.15, -0.1) is 0 Å². The fourth-order valence-electron chi connectivity index (χ4n) is 2.58. The zero-order valence-corrected chi connectivity index (χ0v) is 9.56. The molecule has 0 saturated carbocycles. The standard InChI is InChI=1S/C12H13ClFNO/c13-9-1-2-10-8(5-9)6-12(15-10)3-4-16-7-11(12)14/h1-2,5,11,15H,3-4,6-7H2. The van der Waals surface area contributed by atoms with E-state index in [0.717, 1.165) is 11.3 Å². The van der Waals surface area contributed by atoms with Crippen LogP contribution in [0.15, 0.2) is 18.2 Å². The van der Waals surface area contributed by atoms with Gasteiger partial charge in [0.1, 0.15) is 6.17 Å². The molecule has 4 heteroatoms. The predicted molar refractivity (Wildman–Crippen MR) is 61.8 cm³/mol. The van der Waals surface area contributed by atoms with Gasteiger partial charge in [0.2, 0.25) is 0 Å². The molecule has 1 spiro atoms. The van der Waals surface area contributed by atoms with E-state index in [1.165, 1.54) is 0 Å². The third kappa shape index (κ3) is 1.50. The Morgan fingerprint density at radius 3 is 3.19 bits per heavy atom. The number of hydrogen-bond acceptors (Lipinski definition) is 2. The molecule has 1 N–H and O–H groups in total. The van der Waals surface area contributed by atoms with Gasteiger partial charge in [-0.25, -0.2) is 4.39 Å². The number of anilines is 1. The zero-order chi connectivity index (χ0) is 11.2. The second kappa shape index (κ2) is 3.60. The number of alkyl halides is 1. The van der Waals surface area contributed by atoms with Crippen molar-refractivity contribution in [3.05, 3.63) is 28.8 Å². The summed E-state index contributed by atoms with van der Waals surface area (Å²) in [4.78, 5) is 0. The van der Waals surface area contributed by atoms with Crippen molar-refractivity contribution >= 4 is 17.3 Å². The Kier molecular flexibility index (Phi) is 2.33. The van der Waals surface area contributed by atoms with Crippen LogP contribution in [0, 0.1) is 0 Å². The van der Waals surface area contributed by atoms with Crippen molar-refractivity contribution in [3.63, 3.8) is 0 Å². The van der Waals surface area contributed by atoms with Gasteiger partial charge >= 0.3 is 0 Å². The normalized spacial score (nSPS) is 32.5. The molecule has 1 saturated heterocycles. The highest BCUT2D eigenvalue weighted by molar-refractivity contribution is 6.30. The molecule has 16 heavy (non-hydrogen) atoms. The van der Waals surface area contributed by atoms with E-state index in [1.807, 2.05) is 18.2 Å². The minimum Gasteiger partial charge on any atom is -0.378 e. The molecule has 2 unspecified atom stereocenters. The van der Waals surface area contributed by atoms with Crippen LogP contribution in [-0.2, 0) is 11.2 Å². The van der Waals surface area contributed by atoms with Crippen LogP contribution in [0.4, 0.5) is 10.1 Å². The second-order valence-electron chi connectivity index (χ2n) is 4.55. The van der Waals surface area contributed by atoms with Gasteiger partial charge < -0.3 is 10.1 Å². The summed E-state index contributed by atoms with van der Waals surface area (Å²) < 4.78 is 19.1. The molecule has 0 bridgehead atoms. The first-order valence-electron chi connectivity index (χ1n) is 5.48. The number of benzene rings is 1. The summed E-state index contributed by atoms with van der Waals surface area (Å²) in [5, 5.41) is 4.02. The van der Waals surface area contributed by atoms with E-state index in [4.69, 9.17) is 16.3 Å². The molecular formula is C12H13ClFNO. The maximum absolute atomic E-state index is 14.0. The minimum absolute atomic E-state index is 0.189. The summed E-state index contributed by atoms with van der Waals surface area (Å²) >= 11 is 5.94. The zero-order valence-electron chi connectivity index (χ0n) is 8.80. The highest BCUT2D eigenvalue weighted by Crippen LogP contribution is 2.40. The molecule has 1 aromatic rings. The number of hydrogen-bond donors (Lipinski definition) is 1. The number of nitrogens with one attached hydrogen (secondary N) is 1. The summed E-state index contributed by atoms with van der Waals surface area (Å²) in [5.41, 5.74) is 1.65. The maximum atomic E-state index is 14.0. The summed E-state index contributed by atoms with van der Waals surface area (Å²) in [6.45, 7) is 0.809. The number of fused-ring (bicyclic) bond motifs is 1. The molecule has 2 atom stereocenters. The molecule has 86 valence electrons. The lowest BCUT2D eigenvalue weighted by atomic mass is 9.86. The fourth-order valence-corrected chi connectivity index (χ4v) is 2.77. The molecule has 2 nitrogen and oxygen atoms in total. The van der Waals surface area contributed by atoms with Crippen molar-refractivity contribution in [2.45, 2.75) is 24.6 Å². The molecule has 1 fully saturated rings. The van der Waals surface area contributed by atoms with Crippen molar-refractivity contribution in [2.75, 3.05) is 18.5 Å². The molecule has 2 heterocycles. The summed E-state index contributed by atoms with van der Waals surface area (Å²) in [5.74, 6) is 0. The van der Waals surface area contributed by atoms with Gasteiger partial charge in [0.25, 0.3) is 0 Å². The molecule has 0 aliphatic carbocycles. The van der Waals surface area contributed by atoms with Gasteiger partial charge in [-0.1, -0.05) is 11.6 Å². The Hall–Kier alpha value is -0.800. The van der Waals surface area contributed by atoms with E-state index in [-0.39, 0.29) is 6.61 Å². The van der Waals surface area contributed by atoms with Crippen molar-refractivity contribution in [2.24, 2.45) is 0 Å². The Bertz CT molecular complexity index is 425. The highest BCUT2D eigenvalue weighted by Gasteiger charge is 2.46.